The minimum atomic E-state index is -0.953. The number of aliphatic hydroxyl groups is 1. The Morgan fingerprint density at radius 1 is 0.714 bits per heavy atom. The first kappa shape index (κ1) is 38.4. The van der Waals surface area contributed by atoms with Crippen molar-refractivity contribution in [2.45, 2.75) is 43.5 Å². The average molecular weight is 767 g/mol. The molecular weight excluding hydrogens is 725 g/mol. The van der Waals surface area contributed by atoms with E-state index in [9.17, 15) is 19.8 Å². The van der Waals surface area contributed by atoms with Crippen molar-refractivity contribution in [2.75, 3.05) is 11.1 Å². The number of rotatable bonds is 13. The molecule has 4 atom stereocenters. The summed E-state index contributed by atoms with van der Waals surface area (Å²) in [4.78, 5) is 25.0. The number of nitrogens with one attached hydrogen (secondary N) is 2. The fourth-order valence-corrected chi connectivity index (χ4v) is 7.53. The van der Waals surface area contributed by atoms with Crippen LogP contribution in [0, 0.1) is 5.92 Å². The summed E-state index contributed by atoms with van der Waals surface area (Å²) in [5.41, 5.74) is 6.59. The van der Waals surface area contributed by atoms with Crippen molar-refractivity contribution in [3.8, 4) is 22.6 Å². The van der Waals surface area contributed by atoms with Crippen molar-refractivity contribution >= 4 is 29.4 Å². The molecule has 0 unspecified atom stereocenters. The maximum Gasteiger partial charge on any atom is 0.335 e. The first-order chi connectivity index (χ1) is 27.3. The number of benzene rings is 6. The lowest BCUT2D eigenvalue weighted by molar-refractivity contribution is -0.268. The fraction of sp³-hybridized carbons (Fsp3) is 0.174. The number of amides is 2. The Kier molecular flexibility index (Phi) is 12.4. The summed E-state index contributed by atoms with van der Waals surface area (Å²) in [7, 11) is 0. The molecule has 0 bridgehead atoms. The molecule has 2 amide bonds. The molecule has 56 heavy (non-hydrogen) atoms. The molecule has 284 valence electrons. The quantitative estimate of drug-likeness (QED) is 0.0856. The van der Waals surface area contributed by atoms with Crippen molar-refractivity contribution < 1.29 is 34.0 Å². The molecule has 0 saturated carbocycles. The average Bonchev–Trinajstić information content (AvgIpc) is 3.24. The van der Waals surface area contributed by atoms with Crippen molar-refractivity contribution in [1.82, 2.24) is 5.32 Å². The Morgan fingerprint density at radius 3 is 2.11 bits per heavy atom. The SMILES string of the molecule is C[C@H]1[C@@H](CSc2ccc(C(=O)O)cc2)O[C@@H](c2ccc(-c3cccc(CNC(=O)Nc4ccc(Oc5ccccc5)cc4)c3)cc2)O[C@H]1c1ccc(CO)cc1. The minimum absolute atomic E-state index is 0.00907. The molecule has 0 radical (unpaired) electrons. The van der Waals surface area contributed by atoms with Crippen LogP contribution in [0.3, 0.4) is 0 Å². The van der Waals surface area contributed by atoms with Gasteiger partial charge >= 0.3 is 12.0 Å². The zero-order valence-electron chi connectivity index (χ0n) is 30.7. The van der Waals surface area contributed by atoms with E-state index in [1.165, 1.54) is 0 Å². The number of hydrogen-bond donors (Lipinski definition) is 4. The predicted octanol–water partition coefficient (Wildman–Crippen LogP) is 10.2. The number of anilines is 1. The number of para-hydroxylation sites is 1. The molecule has 6 aromatic carbocycles. The van der Waals surface area contributed by atoms with Crippen molar-refractivity contribution in [2.24, 2.45) is 5.92 Å². The van der Waals surface area contributed by atoms with Crippen LogP contribution >= 0.6 is 11.8 Å². The molecule has 0 spiro atoms. The van der Waals surface area contributed by atoms with Gasteiger partial charge in [0.05, 0.1) is 24.4 Å². The van der Waals surface area contributed by atoms with Gasteiger partial charge in [0.2, 0.25) is 0 Å². The van der Waals surface area contributed by atoms with Crippen LogP contribution < -0.4 is 15.4 Å². The highest BCUT2D eigenvalue weighted by atomic mass is 32.2. The van der Waals surface area contributed by atoms with E-state index in [4.69, 9.17) is 14.2 Å². The fourth-order valence-electron chi connectivity index (χ4n) is 6.46. The van der Waals surface area contributed by atoms with Gasteiger partial charge in [0.25, 0.3) is 0 Å². The number of hydrogen-bond acceptors (Lipinski definition) is 7. The largest absolute Gasteiger partial charge is 0.478 e. The third-order valence-electron chi connectivity index (χ3n) is 9.63. The van der Waals surface area contributed by atoms with Gasteiger partial charge in [-0.2, -0.15) is 0 Å². The normalized spacial score (nSPS) is 17.8. The molecular formula is C46H42N2O7S. The third-order valence-corrected chi connectivity index (χ3v) is 10.7. The highest BCUT2D eigenvalue weighted by molar-refractivity contribution is 7.99. The van der Waals surface area contributed by atoms with Crippen molar-refractivity contribution in [3.05, 3.63) is 179 Å². The van der Waals surface area contributed by atoms with Gasteiger partial charge in [-0.15, -0.1) is 11.8 Å². The zero-order valence-corrected chi connectivity index (χ0v) is 31.5. The van der Waals surface area contributed by atoms with Crippen LogP contribution in [0.1, 0.15) is 51.9 Å². The highest BCUT2D eigenvalue weighted by Gasteiger charge is 2.38. The molecule has 0 aliphatic carbocycles. The summed E-state index contributed by atoms with van der Waals surface area (Å²) in [5.74, 6) is 1.12. The van der Waals surface area contributed by atoms with Crippen LogP contribution in [0.25, 0.3) is 11.1 Å². The molecule has 7 rings (SSSR count). The Labute approximate surface area is 330 Å². The molecule has 1 fully saturated rings. The second-order valence-corrected chi connectivity index (χ2v) is 14.6. The van der Waals surface area contributed by atoms with E-state index in [1.807, 2.05) is 121 Å². The molecule has 9 nitrogen and oxygen atoms in total. The van der Waals surface area contributed by atoms with E-state index in [-0.39, 0.29) is 36.3 Å². The van der Waals surface area contributed by atoms with E-state index in [0.29, 0.717) is 23.7 Å². The Balaban J connectivity index is 0.989. The lowest BCUT2D eigenvalue weighted by Gasteiger charge is -2.41. The second kappa shape index (κ2) is 18.1. The second-order valence-electron chi connectivity index (χ2n) is 13.5. The maximum atomic E-state index is 12.7. The van der Waals surface area contributed by atoms with E-state index < -0.39 is 12.3 Å². The zero-order chi connectivity index (χ0) is 38.9. The number of carbonyl (C=O) groups is 2. The van der Waals surface area contributed by atoms with Gasteiger partial charge in [-0.25, -0.2) is 9.59 Å². The number of carbonyl (C=O) groups excluding carboxylic acids is 1. The van der Waals surface area contributed by atoms with Gasteiger partial charge in [0.15, 0.2) is 6.29 Å². The van der Waals surface area contributed by atoms with Crippen LogP contribution in [0.15, 0.2) is 157 Å². The first-order valence-electron chi connectivity index (χ1n) is 18.3. The summed E-state index contributed by atoms with van der Waals surface area (Å²) in [6.07, 6.45) is -1.05. The number of aliphatic hydroxyl groups excluding tert-OH is 1. The van der Waals surface area contributed by atoms with Gasteiger partial charge in [0.1, 0.15) is 11.5 Å². The predicted molar refractivity (Wildman–Crippen MR) is 218 cm³/mol. The molecule has 1 aliphatic heterocycles. The van der Waals surface area contributed by atoms with Gasteiger partial charge in [-0.1, -0.05) is 91.9 Å². The first-order valence-corrected chi connectivity index (χ1v) is 19.3. The van der Waals surface area contributed by atoms with Crippen molar-refractivity contribution in [3.63, 3.8) is 0 Å². The summed E-state index contributed by atoms with van der Waals surface area (Å²) in [6.45, 7) is 2.43. The number of carboxylic acid groups (broad SMARTS) is 1. The van der Waals surface area contributed by atoms with Gasteiger partial charge in [0, 0.05) is 34.4 Å². The monoisotopic (exact) mass is 766 g/mol. The number of aromatic carboxylic acids is 1. The van der Waals surface area contributed by atoms with E-state index >= 15 is 0 Å². The van der Waals surface area contributed by atoms with E-state index in [0.717, 1.165) is 44.0 Å². The highest BCUT2D eigenvalue weighted by Crippen LogP contribution is 2.43. The number of urea groups is 1. The van der Waals surface area contributed by atoms with Crippen LogP contribution in [-0.4, -0.2) is 34.1 Å². The van der Waals surface area contributed by atoms with Crippen LogP contribution in [0.5, 0.6) is 11.5 Å². The Hall–Kier alpha value is -5.91. The molecule has 1 heterocycles. The minimum Gasteiger partial charge on any atom is -0.478 e. The van der Waals surface area contributed by atoms with E-state index in [1.54, 1.807) is 36.0 Å². The number of ether oxygens (including phenoxy) is 3. The van der Waals surface area contributed by atoms with Crippen LogP contribution in [0.2, 0.25) is 0 Å². The van der Waals surface area contributed by atoms with Crippen molar-refractivity contribution in [1.29, 1.82) is 0 Å². The van der Waals surface area contributed by atoms with Crippen LogP contribution in [-0.2, 0) is 22.6 Å². The molecule has 1 aliphatic rings. The topological polar surface area (TPSA) is 126 Å². The Morgan fingerprint density at radius 2 is 1.41 bits per heavy atom. The number of carboxylic acids is 1. The molecule has 0 aromatic heterocycles. The summed E-state index contributed by atoms with van der Waals surface area (Å²) in [5, 5.41) is 24.7. The standard InChI is InChI=1S/C46H42N2O7S/c1-30-42(29-56-41-24-18-35(19-25-41)44(50)51)54-45(55-43(30)34-12-10-31(28-49)11-13-34)36-16-14-33(15-17-36)37-7-5-6-32(26-37)27-47-46(52)48-38-20-22-40(23-21-38)53-39-8-3-2-4-9-39/h2-26,30,42-43,45,49H,27-29H2,1H3,(H,50,51)(H2,47,48,52)/t30-,42+,43+,45+/m0/s1. The van der Waals surface area contributed by atoms with Gasteiger partial charge in [-0.05, 0) is 94.5 Å². The molecule has 6 aromatic rings. The molecule has 1 saturated heterocycles. The van der Waals surface area contributed by atoms with Gasteiger partial charge < -0.3 is 35.1 Å². The summed E-state index contributed by atoms with van der Waals surface area (Å²) >= 11 is 1.62. The van der Waals surface area contributed by atoms with E-state index in [2.05, 4.69) is 23.6 Å². The Bertz CT molecular complexity index is 2220. The van der Waals surface area contributed by atoms with Gasteiger partial charge in [-0.3, -0.25) is 0 Å². The van der Waals surface area contributed by atoms with Crippen LogP contribution in [0.4, 0.5) is 10.5 Å². The maximum absolute atomic E-state index is 12.7. The lowest BCUT2D eigenvalue weighted by Crippen LogP contribution is -2.38. The summed E-state index contributed by atoms with van der Waals surface area (Å²) in [6, 6.07) is 47.3. The molecule has 10 heteroatoms. The number of thioether (sulfide) groups is 1. The smallest absolute Gasteiger partial charge is 0.335 e. The lowest BCUT2D eigenvalue weighted by atomic mass is 9.91. The molecule has 4 N–H and O–H groups in total. The third kappa shape index (κ3) is 9.84. The summed E-state index contributed by atoms with van der Waals surface area (Å²) < 4.78 is 19.1.